The van der Waals surface area contributed by atoms with E-state index in [-0.39, 0.29) is 0 Å². The molecule has 28 heavy (non-hydrogen) atoms. The second kappa shape index (κ2) is 8.87. The van der Waals surface area contributed by atoms with Crippen LogP contribution in [-0.4, -0.2) is 9.55 Å². The van der Waals surface area contributed by atoms with E-state index in [0.29, 0.717) is 10.0 Å². The van der Waals surface area contributed by atoms with Gasteiger partial charge in [0.25, 0.3) is 0 Å². The zero-order chi connectivity index (χ0) is 19.3. The van der Waals surface area contributed by atoms with Crippen molar-refractivity contribution in [1.82, 2.24) is 9.55 Å². The Labute approximate surface area is 179 Å². The van der Waals surface area contributed by atoms with Gasteiger partial charge in [0.15, 0.2) is 5.16 Å². The number of hydrogen-bond donors (Lipinski definition) is 0. The summed E-state index contributed by atoms with van der Waals surface area (Å²) in [5.41, 5.74) is 4.53. The van der Waals surface area contributed by atoms with Crippen LogP contribution >= 0.6 is 35.0 Å². The van der Waals surface area contributed by atoms with Crippen LogP contribution in [0.2, 0.25) is 10.0 Å². The molecule has 0 aliphatic carbocycles. The van der Waals surface area contributed by atoms with Gasteiger partial charge in [0, 0.05) is 11.3 Å². The Balaban J connectivity index is 1.69. The van der Waals surface area contributed by atoms with Crippen LogP contribution in [0.5, 0.6) is 0 Å². The number of hydrogen-bond acceptors (Lipinski definition) is 2. The highest BCUT2D eigenvalue weighted by atomic mass is 35.5. The molecule has 0 radical (unpaired) electrons. The van der Waals surface area contributed by atoms with Crippen molar-refractivity contribution in [2.75, 3.05) is 0 Å². The molecule has 1 aromatic heterocycles. The fourth-order valence-electron chi connectivity index (χ4n) is 3.00. The van der Waals surface area contributed by atoms with Crippen LogP contribution in [0.1, 0.15) is 11.1 Å². The second-order valence-electron chi connectivity index (χ2n) is 6.40. The zero-order valence-corrected chi connectivity index (χ0v) is 17.4. The SMILES string of the molecule is Clc1ccc(-c2cnc(SCc3ccccc3)n2Cc2ccccc2)cc1Cl. The minimum atomic E-state index is 0.546. The summed E-state index contributed by atoms with van der Waals surface area (Å²) in [5, 5.41) is 2.08. The third kappa shape index (κ3) is 4.44. The number of rotatable bonds is 6. The van der Waals surface area contributed by atoms with Gasteiger partial charge in [-0.3, -0.25) is 0 Å². The van der Waals surface area contributed by atoms with E-state index in [9.17, 15) is 0 Å². The molecule has 3 aromatic carbocycles. The van der Waals surface area contributed by atoms with Crippen LogP contribution in [0.25, 0.3) is 11.3 Å². The van der Waals surface area contributed by atoms with E-state index in [4.69, 9.17) is 28.2 Å². The lowest BCUT2D eigenvalue weighted by Gasteiger charge is -2.13. The molecular weight excluding hydrogens is 407 g/mol. The molecule has 0 saturated carbocycles. The van der Waals surface area contributed by atoms with Crippen molar-refractivity contribution in [2.45, 2.75) is 17.5 Å². The molecule has 5 heteroatoms. The summed E-state index contributed by atoms with van der Waals surface area (Å²) < 4.78 is 2.24. The van der Waals surface area contributed by atoms with Gasteiger partial charge in [0.05, 0.1) is 28.5 Å². The third-order valence-corrected chi connectivity index (χ3v) is 6.23. The molecule has 0 aliphatic rings. The Hall–Kier alpha value is -2.20. The smallest absolute Gasteiger partial charge is 0.169 e. The molecule has 0 atom stereocenters. The maximum Gasteiger partial charge on any atom is 0.169 e. The predicted octanol–water partition coefficient (Wildman–Crippen LogP) is 7.20. The van der Waals surface area contributed by atoms with Gasteiger partial charge < -0.3 is 4.57 Å². The van der Waals surface area contributed by atoms with Gasteiger partial charge in [-0.1, -0.05) is 102 Å². The van der Waals surface area contributed by atoms with E-state index in [1.807, 2.05) is 36.5 Å². The third-order valence-electron chi connectivity index (χ3n) is 4.43. The van der Waals surface area contributed by atoms with E-state index >= 15 is 0 Å². The summed E-state index contributed by atoms with van der Waals surface area (Å²) in [5.74, 6) is 0.869. The van der Waals surface area contributed by atoms with E-state index in [1.165, 1.54) is 11.1 Å². The molecular formula is C23H18Cl2N2S. The summed E-state index contributed by atoms with van der Waals surface area (Å²) in [6.07, 6.45) is 1.91. The Morgan fingerprint density at radius 3 is 2.14 bits per heavy atom. The average Bonchev–Trinajstić information content (AvgIpc) is 3.12. The molecule has 0 bridgehead atoms. The van der Waals surface area contributed by atoms with E-state index in [2.05, 4.69) is 53.1 Å². The monoisotopic (exact) mass is 424 g/mol. The molecule has 0 fully saturated rings. The van der Waals surface area contributed by atoms with Gasteiger partial charge >= 0.3 is 0 Å². The molecule has 0 unspecified atom stereocenters. The highest BCUT2D eigenvalue weighted by Crippen LogP contribution is 2.32. The van der Waals surface area contributed by atoms with Gasteiger partial charge in [-0.2, -0.15) is 0 Å². The first kappa shape index (κ1) is 19.1. The lowest BCUT2D eigenvalue weighted by Crippen LogP contribution is -2.04. The quantitative estimate of drug-likeness (QED) is 0.304. The number of halogens is 2. The van der Waals surface area contributed by atoms with Crippen LogP contribution in [0.3, 0.4) is 0 Å². The summed E-state index contributed by atoms with van der Waals surface area (Å²) in [7, 11) is 0. The summed E-state index contributed by atoms with van der Waals surface area (Å²) in [6.45, 7) is 0.744. The van der Waals surface area contributed by atoms with Crippen LogP contribution in [0.15, 0.2) is 90.2 Å². The summed E-state index contributed by atoms with van der Waals surface area (Å²) >= 11 is 14.1. The second-order valence-corrected chi connectivity index (χ2v) is 8.16. The van der Waals surface area contributed by atoms with Crippen molar-refractivity contribution in [3.05, 3.63) is 106 Å². The van der Waals surface area contributed by atoms with Crippen molar-refractivity contribution in [3.8, 4) is 11.3 Å². The van der Waals surface area contributed by atoms with E-state index in [1.54, 1.807) is 11.8 Å². The highest BCUT2D eigenvalue weighted by molar-refractivity contribution is 7.98. The number of nitrogens with zero attached hydrogens (tertiary/aromatic N) is 2. The van der Waals surface area contributed by atoms with Gasteiger partial charge in [-0.15, -0.1) is 0 Å². The molecule has 0 N–H and O–H groups in total. The Bertz CT molecular complexity index is 1060. The van der Waals surface area contributed by atoms with Crippen molar-refractivity contribution >= 4 is 35.0 Å². The van der Waals surface area contributed by atoms with Gasteiger partial charge in [0.2, 0.25) is 0 Å². The molecule has 0 aliphatic heterocycles. The number of imidazole rings is 1. The van der Waals surface area contributed by atoms with E-state index < -0.39 is 0 Å². The largest absolute Gasteiger partial charge is 0.314 e. The summed E-state index contributed by atoms with van der Waals surface area (Å²) in [4.78, 5) is 4.71. The average molecular weight is 425 g/mol. The topological polar surface area (TPSA) is 17.8 Å². The minimum Gasteiger partial charge on any atom is -0.314 e. The normalized spacial score (nSPS) is 10.9. The Morgan fingerprint density at radius 1 is 0.786 bits per heavy atom. The molecule has 1 heterocycles. The molecule has 0 spiro atoms. The summed E-state index contributed by atoms with van der Waals surface area (Å²) in [6, 6.07) is 26.5. The van der Waals surface area contributed by atoms with Crippen LogP contribution in [-0.2, 0) is 12.3 Å². The van der Waals surface area contributed by atoms with Crippen molar-refractivity contribution < 1.29 is 0 Å². The lowest BCUT2D eigenvalue weighted by molar-refractivity contribution is 0.715. The maximum absolute atomic E-state index is 6.26. The first-order valence-electron chi connectivity index (χ1n) is 8.92. The Morgan fingerprint density at radius 2 is 1.46 bits per heavy atom. The highest BCUT2D eigenvalue weighted by Gasteiger charge is 2.14. The molecule has 4 rings (SSSR count). The van der Waals surface area contributed by atoms with Gasteiger partial charge in [0.1, 0.15) is 0 Å². The van der Waals surface area contributed by atoms with E-state index in [0.717, 1.165) is 28.7 Å². The van der Waals surface area contributed by atoms with Gasteiger partial charge in [-0.05, 0) is 23.3 Å². The first-order chi connectivity index (χ1) is 13.7. The molecule has 140 valence electrons. The van der Waals surface area contributed by atoms with Crippen molar-refractivity contribution in [2.24, 2.45) is 0 Å². The van der Waals surface area contributed by atoms with Crippen molar-refractivity contribution in [3.63, 3.8) is 0 Å². The standard InChI is InChI=1S/C23H18Cl2N2S/c24-20-12-11-19(13-21(20)25)22-14-26-23(28-16-18-9-5-2-6-10-18)27(22)15-17-7-3-1-4-8-17/h1-14H,15-16H2. The molecule has 2 nitrogen and oxygen atoms in total. The fourth-order valence-corrected chi connectivity index (χ4v) is 4.23. The Kier molecular flexibility index (Phi) is 6.06. The van der Waals surface area contributed by atoms with Crippen LogP contribution in [0, 0.1) is 0 Å². The zero-order valence-electron chi connectivity index (χ0n) is 15.1. The van der Waals surface area contributed by atoms with Crippen molar-refractivity contribution in [1.29, 1.82) is 0 Å². The number of benzene rings is 3. The first-order valence-corrected chi connectivity index (χ1v) is 10.7. The maximum atomic E-state index is 6.26. The fraction of sp³-hybridized carbons (Fsp3) is 0.0870. The molecule has 4 aromatic rings. The molecule has 0 amide bonds. The lowest BCUT2D eigenvalue weighted by atomic mass is 10.1. The number of aromatic nitrogens is 2. The molecule has 0 saturated heterocycles. The minimum absolute atomic E-state index is 0.546. The van der Waals surface area contributed by atoms with Crippen LogP contribution < -0.4 is 0 Å². The predicted molar refractivity (Wildman–Crippen MR) is 119 cm³/mol. The van der Waals surface area contributed by atoms with Gasteiger partial charge in [-0.25, -0.2) is 4.98 Å². The number of thioether (sulfide) groups is 1. The van der Waals surface area contributed by atoms with Crippen LogP contribution in [0.4, 0.5) is 0 Å².